The molecule has 3 heterocycles. The third-order valence-corrected chi connectivity index (χ3v) is 5.13. The van der Waals surface area contributed by atoms with Gasteiger partial charge in [-0.2, -0.15) is 9.65 Å². The van der Waals surface area contributed by atoms with Gasteiger partial charge in [0.25, 0.3) is 5.91 Å². The van der Waals surface area contributed by atoms with Crippen LogP contribution in [0, 0.1) is 28.9 Å². The summed E-state index contributed by atoms with van der Waals surface area (Å²) < 4.78 is 49.7. The minimum Gasteiger partial charge on any atom is -0.479 e. The molecule has 164 valence electrons. The molecule has 1 amide bonds. The first-order chi connectivity index (χ1) is 15.3. The molecule has 1 aliphatic heterocycles. The van der Waals surface area contributed by atoms with Crippen LogP contribution in [0.3, 0.4) is 0 Å². The Morgan fingerprint density at radius 1 is 1.28 bits per heavy atom. The summed E-state index contributed by atoms with van der Waals surface area (Å²) in [5.74, 6) is -3.94. The van der Waals surface area contributed by atoms with Gasteiger partial charge in [0.2, 0.25) is 11.8 Å². The van der Waals surface area contributed by atoms with E-state index in [9.17, 15) is 13.6 Å². The molecule has 11 heteroatoms. The molecule has 0 bridgehead atoms. The molecule has 0 saturated carbocycles. The van der Waals surface area contributed by atoms with Crippen molar-refractivity contribution in [2.45, 2.75) is 12.5 Å². The van der Waals surface area contributed by atoms with Crippen LogP contribution in [-0.4, -0.2) is 51.6 Å². The van der Waals surface area contributed by atoms with E-state index in [1.807, 2.05) is 0 Å². The van der Waals surface area contributed by atoms with Gasteiger partial charge in [-0.3, -0.25) is 9.36 Å². The van der Waals surface area contributed by atoms with Crippen molar-refractivity contribution in [2.24, 2.45) is 5.73 Å². The van der Waals surface area contributed by atoms with Crippen LogP contribution in [0.15, 0.2) is 30.5 Å². The van der Waals surface area contributed by atoms with Crippen molar-refractivity contribution in [3.05, 3.63) is 59.3 Å². The number of nitrogens with zero attached hydrogens (tertiary/aromatic N) is 5. The number of hydrogen-bond donors (Lipinski definition) is 1. The van der Waals surface area contributed by atoms with E-state index in [4.69, 9.17) is 15.7 Å². The van der Waals surface area contributed by atoms with Gasteiger partial charge in [0.1, 0.15) is 17.7 Å². The minimum absolute atomic E-state index is 0.0776. The highest BCUT2D eigenvalue weighted by Gasteiger charge is 2.32. The Hall–Kier alpha value is -3.91. The van der Waals surface area contributed by atoms with Crippen molar-refractivity contribution >= 4 is 5.91 Å². The Labute approximate surface area is 180 Å². The Kier molecular flexibility index (Phi) is 5.54. The number of pyridine rings is 1. The highest BCUT2D eigenvalue weighted by atomic mass is 19.1. The average Bonchev–Trinajstić information content (AvgIpc) is 3.36. The molecule has 3 aromatic rings. The molecule has 2 aromatic heterocycles. The lowest BCUT2D eigenvalue weighted by Crippen LogP contribution is -2.32. The van der Waals surface area contributed by atoms with Gasteiger partial charge < -0.3 is 15.4 Å². The summed E-state index contributed by atoms with van der Waals surface area (Å²) in [6, 6.07) is 5.98. The summed E-state index contributed by atoms with van der Waals surface area (Å²) in [4.78, 5) is 22.2. The van der Waals surface area contributed by atoms with E-state index >= 15 is 4.39 Å². The molecule has 0 radical (unpaired) electrons. The first kappa shape index (κ1) is 21.3. The normalized spacial score (nSPS) is 15.6. The van der Waals surface area contributed by atoms with Crippen molar-refractivity contribution in [1.29, 1.82) is 5.26 Å². The number of amides is 1. The number of imidazole rings is 1. The zero-order chi connectivity index (χ0) is 23.0. The lowest BCUT2D eigenvalue weighted by Gasteiger charge is -2.14. The summed E-state index contributed by atoms with van der Waals surface area (Å²) in [5, 5.41) is 8.96. The van der Waals surface area contributed by atoms with E-state index in [0.717, 1.165) is 22.9 Å². The van der Waals surface area contributed by atoms with Crippen molar-refractivity contribution in [3.8, 4) is 29.0 Å². The van der Waals surface area contributed by atoms with Crippen LogP contribution in [0.4, 0.5) is 13.2 Å². The van der Waals surface area contributed by atoms with Crippen LogP contribution in [0.25, 0.3) is 17.1 Å². The van der Waals surface area contributed by atoms with E-state index in [0.29, 0.717) is 13.0 Å². The molecule has 4 rings (SSSR count). The van der Waals surface area contributed by atoms with Gasteiger partial charge in [0.15, 0.2) is 11.5 Å². The van der Waals surface area contributed by atoms with Gasteiger partial charge in [0, 0.05) is 30.8 Å². The molecule has 0 aliphatic carbocycles. The third-order valence-electron chi connectivity index (χ3n) is 5.13. The van der Waals surface area contributed by atoms with Crippen molar-refractivity contribution < 1.29 is 22.7 Å². The number of likely N-dealkylation sites (tertiary alicyclic amines) is 1. The molecule has 0 unspecified atom stereocenters. The van der Waals surface area contributed by atoms with Gasteiger partial charge in [0.05, 0.1) is 24.6 Å². The Balaban J connectivity index is 1.89. The second-order valence-electron chi connectivity index (χ2n) is 7.20. The quantitative estimate of drug-likeness (QED) is 0.665. The number of nitriles is 1. The van der Waals surface area contributed by atoms with Gasteiger partial charge in [-0.25, -0.2) is 18.7 Å². The zero-order valence-corrected chi connectivity index (χ0v) is 16.8. The molecule has 1 atom stereocenters. The molecule has 8 nitrogen and oxygen atoms in total. The molecule has 1 aromatic carbocycles. The van der Waals surface area contributed by atoms with Gasteiger partial charge >= 0.3 is 0 Å². The summed E-state index contributed by atoms with van der Waals surface area (Å²) in [6.45, 7) is 0.580. The molecule has 0 spiro atoms. The summed E-state index contributed by atoms with van der Waals surface area (Å²) in [6.07, 6.45) is 1.70. The maximum absolute atomic E-state index is 15.5. The maximum Gasteiger partial charge on any atom is 0.277 e. The predicted molar refractivity (Wildman–Crippen MR) is 106 cm³/mol. The van der Waals surface area contributed by atoms with E-state index in [1.165, 1.54) is 24.1 Å². The number of halogens is 3. The fourth-order valence-electron chi connectivity index (χ4n) is 3.52. The Morgan fingerprint density at radius 2 is 2.06 bits per heavy atom. The average molecular weight is 442 g/mol. The highest BCUT2D eigenvalue weighted by Crippen LogP contribution is 2.29. The van der Waals surface area contributed by atoms with Crippen LogP contribution in [0.2, 0.25) is 0 Å². The molecule has 1 fully saturated rings. The second kappa shape index (κ2) is 8.32. The van der Waals surface area contributed by atoms with E-state index in [2.05, 4.69) is 9.97 Å². The summed E-state index contributed by atoms with van der Waals surface area (Å²) in [5.41, 5.74) is 5.09. The standard InChI is InChI=1S/C21H17F3N6O2/c1-32-20-16(23)7-14(9-27-20)30-18(24)17(21(31)29-5-4-13(26)10-29)28-19(30)11-2-3-12(8-25)15(22)6-11/h2-3,6-7,9,13H,4-5,10,26H2,1H3/t13-/m1/s1. The van der Waals surface area contributed by atoms with Gasteiger partial charge in [-0.05, 0) is 24.6 Å². The number of rotatable bonds is 4. The van der Waals surface area contributed by atoms with Crippen LogP contribution >= 0.6 is 0 Å². The molecule has 32 heavy (non-hydrogen) atoms. The number of ether oxygens (including phenoxy) is 1. The number of benzene rings is 1. The number of nitrogens with two attached hydrogens (primary N) is 1. The minimum atomic E-state index is -1.07. The third kappa shape index (κ3) is 3.65. The lowest BCUT2D eigenvalue weighted by atomic mass is 10.1. The fourth-order valence-corrected chi connectivity index (χ4v) is 3.52. The number of hydrogen-bond acceptors (Lipinski definition) is 6. The van der Waals surface area contributed by atoms with Crippen LogP contribution < -0.4 is 10.5 Å². The number of methoxy groups -OCH3 is 1. The van der Waals surface area contributed by atoms with Crippen LogP contribution in [0.1, 0.15) is 22.5 Å². The number of aromatic nitrogens is 3. The molecular weight excluding hydrogens is 425 g/mol. The maximum atomic E-state index is 15.5. The van der Waals surface area contributed by atoms with E-state index in [1.54, 1.807) is 6.07 Å². The second-order valence-corrected chi connectivity index (χ2v) is 7.20. The van der Waals surface area contributed by atoms with E-state index < -0.39 is 29.2 Å². The van der Waals surface area contributed by atoms with Crippen molar-refractivity contribution in [1.82, 2.24) is 19.4 Å². The first-order valence-corrected chi connectivity index (χ1v) is 9.57. The zero-order valence-electron chi connectivity index (χ0n) is 16.8. The topological polar surface area (TPSA) is 110 Å². The van der Waals surface area contributed by atoms with Crippen molar-refractivity contribution in [3.63, 3.8) is 0 Å². The van der Waals surface area contributed by atoms with Crippen LogP contribution in [0.5, 0.6) is 5.88 Å². The highest BCUT2D eigenvalue weighted by molar-refractivity contribution is 5.93. The van der Waals surface area contributed by atoms with Gasteiger partial charge in [-0.15, -0.1) is 0 Å². The van der Waals surface area contributed by atoms with Crippen molar-refractivity contribution in [2.75, 3.05) is 20.2 Å². The largest absolute Gasteiger partial charge is 0.479 e. The first-order valence-electron chi connectivity index (χ1n) is 9.57. The predicted octanol–water partition coefficient (Wildman–Crippen LogP) is 2.41. The number of carbonyl (C=O) groups excluding carboxylic acids is 1. The SMILES string of the molecule is COc1ncc(-n2c(-c3ccc(C#N)c(F)c3)nc(C(=O)N3CC[C@@H](N)C3)c2F)cc1F. The smallest absolute Gasteiger partial charge is 0.277 e. The summed E-state index contributed by atoms with van der Waals surface area (Å²) >= 11 is 0. The Morgan fingerprint density at radius 3 is 2.66 bits per heavy atom. The molecule has 1 aliphatic rings. The fraction of sp³-hybridized carbons (Fsp3) is 0.238. The van der Waals surface area contributed by atoms with Crippen LogP contribution in [-0.2, 0) is 0 Å². The monoisotopic (exact) mass is 442 g/mol. The Bertz CT molecular complexity index is 1250. The van der Waals surface area contributed by atoms with E-state index in [-0.39, 0.29) is 41.1 Å². The van der Waals surface area contributed by atoms with Gasteiger partial charge in [-0.1, -0.05) is 0 Å². The molecule has 1 saturated heterocycles. The molecule has 2 N–H and O–H groups in total. The number of carbonyl (C=O) groups is 1. The molecular formula is C21H17F3N6O2. The lowest BCUT2D eigenvalue weighted by molar-refractivity contribution is 0.0780. The summed E-state index contributed by atoms with van der Waals surface area (Å²) in [7, 11) is 1.23.